The Kier molecular flexibility index (Phi) is 1.32. The molecule has 0 amide bonds. The van der Waals surface area contributed by atoms with Crippen LogP contribution in [0.2, 0.25) is 0 Å². The van der Waals surface area contributed by atoms with Gasteiger partial charge in [-0.05, 0) is 0 Å². The number of hydrogen-bond acceptors (Lipinski definition) is 6. The van der Waals surface area contributed by atoms with Crippen molar-refractivity contribution < 1.29 is 29.3 Å². The van der Waals surface area contributed by atoms with Crippen LogP contribution >= 0.6 is 0 Å². The van der Waals surface area contributed by atoms with Gasteiger partial charge in [-0.1, -0.05) is 0 Å². The van der Waals surface area contributed by atoms with Gasteiger partial charge in [-0.3, -0.25) is 0 Å². The van der Waals surface area contributed by atoms with Gasteiger partial charge in [0, 0.05) is 23.8 Å². The van der Waals surface area contributed by atoms with Gasteiger partial charge in [0.1, 0.15) is 12.2 Å². The van der Waals surface area contributed by atoms with E-state index in [9.17, 15) is 19.8 Å². The van der Waals surface area contributed by atoms with Crippen molar-refractivity contribution in [1.29, 1.82) is 0 Å². The van der Waals surface area contributed by atoms with Crippen molar-refractivity contribution >= 4 is 11.9 Å². The molecular weight excluding hydrogens is 192 g/mol. The van der Waals surface area contributed by atoms with Crippen LogP contribution in [0.1, 0.15) is 0 Å². The highest BCUT2D eigenvalue weighted by molar-refractivity contribution is 5.80. The van der Waals surface area contributed by atoms with Crippen LogP contribution in [-0.4, -0.2) is 36.4 Å². The first-order valence-electron chi connectivity index (χ1n) is 4.34. The number of carboxylic acids is 2. The lowest BCUT2D eigenvalue weighted by Gasteiger charge is -2.27. The van der Waals surface area contributed by atoms with E-state index < -0.39 is 36.0 Å². The van der Waals surface area contributed by atoms with Crippen molar-refractivity contribution in [3.05, 3.63) is 0 Å². The zero-order valence-electron chi connectivity index (χ0n) is 6.91. The summed E-state index contributed by atoms with van der Waals surface area (Å²) >= 11 is 0. The quantitative estimate of drug-likeness (QED) is 0.422. The topological polar surface area (TPSA) is 102 Å². The van der Waals surface area contributed by atoms with E-state index in [2.05, 4.69) is 0 Å². The van der Waals surface area contributed by atoms with E-state index in [0.717, 1.165) is 0 Å². The molecule has 2 bridgehead atoms. The molecule has 3 heterocycles. The first-order chi connectivity index (χ1) is 6.61. The van der Waals surface area contributed by atoms with Crippen molar-refractivity contribution in [2.45, 2.75) is 24.4 Å². The van der Waals surface area contributed by atoms with E-state index >= 15 is 0 Å². The van der Waals surface area contributed by atoms with Gasteiger partial charge in [0.15, 0.2) is 0 Å². The summed E-state index contributed by atoms with van der Waals surface area (Å²) in [6.07, 6.45) is -1.84. The molecule has 6 nitrogen and oxygen atoms in total. The van der Waals surface area contributed by atoms with Crippen molar-refractivity contribution in [2.24, 2.45) is 11.8 Å². The van der Waals surface area contributed by atoms with E-state index in [1.807, 2.05) is 0 Å². The average Bonchev–Trinajstić information content (AvgIpc) is 2.71. The Bertz CT molecular complexity index is 296. The van der Waals surface area contributed by atoms with Crippen LogP contribution in [0.25, 0.3) is 0 Å². The smallest absolute Gasteiger partial charge is 0.114 e. The summed E-state index contributed by atoms with van der Waals surface area (Å²) in [7, 11) is 0. The standard InChI is InChI=1S/C8H8O6/c9-7(10)1-2(8(11)12)4-6-5(14-6)3(1)13-4/h1-6H,(H,9,10)(H,11,12)/p-2/t1-,2+,3-,4+,5-,6+. The van der Waals surface area contributed by atoms with Gasteiger partial charge in [0.05, 0.1) is 12.2 Å². The van der Waals surface area contributed by atoms with E-state index in [1.54, 1.807) is 0 Å². The van der Waals surface area contributed by atoms with Crippen molar-refractivity contribution in [1.82, 2.24) is 0 Å². The molecule has 3 rings (SSSR count). The SMILES string of the molecule is O=C([O-])[C@@H]1[C@@H]2O[C@@H]([C@H]3O[C@H]32)[C@@H]1C(=O)[O-]. The number of carbonyl (C=O) groups is 2. The first-order valence-corrected chi connectivity index (χ1v) is 4.34. The third-order valence-corrected chi connectivity index (χ3v) is 3.16. The van der Waals surface area contributed by atoms with Gasteiger partial charge in [-0.25, -0.2) is 0 Å². The molecule has 0 aromatic rings. The normalized spacial score (nSPS) is 52.9. The number of carboxylic acid groups (broad SMARTS) is 2. The molecule has 3 saturated heterocycles. The summed E-state index contributed by atoms with van der Waals surface area (Å²) < 4.78 is 10.3. The minimum Gasteiger partial charge on any atom is -0.550 e. The van der Waals surface area contributed by atoms with Crippen LogP contribution in [0.5, 0.6) is 0 Å². The Hall–Kier alpha value is -1.14. The third kappa shape index (κ3) is 0.777. The summed E-state index contributed by atoms with van der Waals surface area (Å²) in [4.78, 5) is 21.5. The molecule has 0 unspecified atom stereocenters. The monoisotopic (exact) mass is 198 g/mol. The maximum Gasteiger partial charge on any atom is 0.114 e. The van der Waals surface area contributed by atoms with Crippen LogP contribution < -0.4 is 10.2 Å². The van der Waals surface area contributed by atoms with Gasteiger partial charge < -0.3 is 29.3 Å². The molecule has 14 heavy (non-hydrogen) atoms. The Morgan fingerprint density at radius 3 is 1.50 bits per heavy atom. The third-order valence-electron chi connectivity index (χ3n) is 3.16. The highest BCUT2D eigenvalue weighted by Crippen LogP contribution is 2.53. The van der Waals surface area contributed by atoms with Crippen molar-refractivity contribution in [3.8, 4) is 0 Å². The molecule has 0 saturated carbocycles. The summed E-state index contributed by atoms with van der Waals surface area (Å²) in [5, 5.41) is 21.5. The fourth-order valence-corrected chi connectivity index (χ4v) is 2.55. The number of epoxide rings is 1. The highest BCUT2D eigenvalue weighted by atomic mass is 16.7. The molecule has 0 spiro atoms. The molecule has 6 atom stereocenters. The van der Waals surface area contributed by atoms with E-state index in [4.69, 9.17) is 9.47 Å². The lowest BCUT2D eigenvalue weighted by Crippen LogP contribution is -2.51. The number of fused-ring (bicyclic) bond motifs is 5. The fourth-order valence-electron chi connectivity index (χ4n) is 2.55. The molecule has 3 aliphatic heterocycles. The molecule has 0 aliphatic carbocycles. The van der Waals surface area contributed by atoms with E-state index in [0.29, 0.717) is 0 Å². The van der Waals surface area contributed by atoms with Gasteiger partial charge in [-0.2, -0.15) is 0 Å². The second-order valence-corrected chi connectivity index (χ2v) is 3.82. The zero-order chi connectivity index (χ0) is 10.0. The van der Waals surface area contributed by atoms with Crippen LogP contribution in [0.4, 0.5) is 0 Å². The second-order valence-electron chi connectivity index (χ2n) is 3.82. The van der Waals surface area contributed by atoms with Gasteiger partial charge >= 0.3 is 0 Å². The van der Waals surface area contributed by atoms with Crippen LogP contribution in [0, 0.1) is 11.8 Å². The van der Waals surface area contributed by atoms with Crippen molar-refractivity contribution in [2.75, 3.05) is 0 Å². The van der Waals surface area contributed by atoms with Gasteiger partial charge in [0.25, 0.3) is 0 Å². The first kappa shape index (κ1) is 8.19. The summed E-state index contributed by atoms with van der Waals surface area (Å²) in [6, 6.07) is 0. The fraction of sp³-hybridized carbons (Fsp3) is 0.750. The summed E-state index contributed by atoms with van der Waals surface area (Å²) in [5.41, 5.74) is 0. The molecule has 3 fully saturated rings. The molecule has 0 N–H and O–H groups in total. The number of aliphatic carboxylic acids is 2. The molecule has 76 valence electrons. The maximum absolute atomic E-state index is 10.7. The Morgan fingerprint density at radius 2 is 1.14 bits per heavy atom. The predicted molar refractivity (Wildman–Crippen MR) is 34.3 cm³/mol. The van der Waals surface area contributed by atoms with Crippen LogP contribution in [0.3, 0.4) is 0 Å². The van der Waals surface area contributed by atoms with Gasteiger partial charge in [-0.15, -0.1) is 0 Å². The molecule has 0 aromatic heterocycles. The molecule has 0 aromatic carbocycles. The number of hydrogen-bond donors (Lipinski definition) is 0. The highest BCUT2D eigenvalue weighted by Gasteiger charge is 2.69. The second kappa shape index (κ2) is 2.26. The van der Waals surface area contributed by atoms with Crippen molar-refractivity contribution in [3.63, 3.8) is 0 Å². The lowest BCUT2D eigenvalue weighted by atomic mass is 9.79. The predicted octanol–water partition coefficient (Wildman–Crippen LogP) is -3.73. The molecule has 0 radical (unpaired) electrons. The minimum absolute atomic E-state index is 0.251. The Balaban J connectivity index is 1.95. The van der Waals surface area contributed by atoms with Crippen LogP contribution in [-0.2, 0) is 19.1 Å². The Labute approximate surface area is 78.4 Å². The molecule has 6 heteroatoms. The number of ether oxygens (including phenoxy) is 2. The number of rotatable bonds is 2. The maximum atomic E-state index is 10.7. The number of carbonyl (C=O) groups excluding carboxylic acids is 2. The Morgan fingerprint density at radius 1 is 0.786 bits per heavy atom. The average molecular weight is 198 g/mol. The molecular formula is C8H6O6-2. The van der Waals surface area contributed by atoms with Gasteiger partial charge in [0.2, 0.25) is 0 Å². The van der Waals surface area contributed by atoms with E-state index in [1.165, 1.54) is 0 Å². The van der Waals surface area contributed by atoms with Crippen LogP contribution in [0.15, 0.2) is 0 Å². The summed E-state index contributed by atoms with van der Waals surface area (Å²) in [5.74, 6) is -5.07. The van der Waals surface area contributed by atoms with E-state index in [-0.39, 0.29) is 12.2 Å². The zero-order valence-corrected chi connectivity index (χ0v) is 6.91. The minimum atomic E-state index is -1.40. The molecule has 3 aliphatic rings. The summed E-state index contributed by atoms with van der Waals surface area (Å²) in [6.45, 7) is 0. The lowest BCUT2D eigenvalue weighted by molar-refractivity contribution is -0.326. The largest absolute Gasteiger partial charge is 0.550 e.